The molecule has 9 nitrogen and oxygen atoms in total. The van der Waals surface area contributed by atoms with Gasteiger partial charge in [0.1, 0.15) is 11.3 Å². The number of ether oxygens (including phenoxy) is 1. The van der Waals surface area contributed by atoms with E-state index >= 15 is 0 Å². The van der Waals surface area contributed by atoms with Gasteiger partial charge in [-0.25, -0.2) is 13.2 Å². The first kappa shape index (κ1) is 17.9. The predicted octanol–water partition coefficient (Wildman–Crippen LogP) is 0.325. The van der Waals surface area contributed by atoms with Crippen LogP contribution in [0.2, 0.25) is 0 Å². The molecule has 0 unspecified atom stereocenters. The molecule has 10 heteroatoms. The lowest BCUT2D eigenvalue weighted by Gasteiger charge is -2.28. The lowest BCUT2D eigenvalue weighted by molar-refractivity contribution is -0.150. The topological polar surface area (TPSA) is 118 Å². The Bertz CT molecular complexity index is 898. The van der Waals surface area contributed by atoms with Gasteiger partial charge in [-0.1, -0.05) is 0 Å². The summed E-state index contributed by atoms with van der Waals surface area (Å²) in [6, 6.07) is 3.39. The average Bonchev–Trinajstić information content (AvgIpc) is 3.11. The first-order valence-electron chi connectivity index (χ1n) is 7.85. The maximum atomic E-state index is 12.4. The van der Waals surface area contributed by atoms with Gasteiger partial charge >= 0.3 is 5.97 Å². The zero-order valence-corrected chi connectivity index (χ0v) is 14.7. The maximum Gasteiger partial charge on any atom is 0.342 e. The summed E-state index contributed by atoms with van der Waals surface area (Å²) in [4.78, 5) is 26.0. The Morgan fingerprint density at radius 2 is 2.27 bits per heavy atom. The first-order valence-corrected chi connectivity index (χ1v) is 9.46. The summed E-state index contributed by atoms with van der Waals surface area (Å²) < 4.78 is 37.3. The second-order valence-corrected chi connectivity index (χ2v) is 7.42. The molecule has 0 aromatic carbocycles. The van der Waals surface area contributed by atoms with E-state index in [-0.39, 0.29) is 30.3 Å². The third-order valence-electron chi connectivity index (χ3n) is 3.75. The van der Waals surface area contributed by atoms with Crippen LogP contribution < -0.4 is 5.32 Å². The van der Waals surface area contributed by atoms with Crippen LogP contribution in [0.15, 0.2) is 51.1 Å². The number of nitrogens with one attached hydrogen (secondary N) is 1. The highest BCUT2D eigenvalue weighted by Crippen LogP contribution is 2.19. The van der Waals surface area contributed by atoms with Crippen LogP contribution in [0.25, 0.3) is 0 Å². The molecule has 1 atom stereocenters. The third-order valence-corrected chi connectivity index (χ3v) is 4.90. The van der Waals surface area contributed by atoms with Crippen LogP contribution >= 0.6 is 0 Å². The van der Waals surface area contributed by atoms with Crippen LogP contribution in [-0.4, -0.2) is 49.4 Å². The van der Waals surface area contributed by atoms with E-state index in [9.17, 15) is 18.0 Å². The molecule has 26 heavy (non-hydrogen) atoms. The fourth-order valence-electron chi connectivity index (χ4n) is 2.38. The molecular weight excluding hydrogens is 362 g/mol. The molecule has 0 saturated carbocycles. The Morgan fingerprint density at radius 3 is 3.00 bits per heavy atom. The Kier molecular flexibility index (Phi) is 4.94. The van der Waals surface area contributed by atoms with Crippen molar-refractivity contribution in [2.24, 2.45) is 4.40 Å². The largest absolute Gasteiger partial charge is 0.467 e. The van der Waals surface area contributed by atoms with Crippen molar-refractivity contribution in [3.8, 4) is 0 Å². The Labute approximate surface area is 150 Å². The van der Waals surface area contributed by atoms with E-state index in [1.165, 1.54) is 19.3 Å². The number of hydrogen-bond donors (Lipinski definition) is 1. The Hall–Kier alpha value is -2.88. The second kappa shape index (κ2) is 7.16. The quantitative estimate of drug-likeness (QED) is 0.732. The second-order valence-electron chi connectivity index (χ2n) is 5.66. The number of rotatable bonds is 5. The Morgan fingerprint density at radius 1 is 1.46 bits per heavy atom. The van der Waals surface area contributed by atoms with E-state index in [4.69, 9.17) is 9.15 Å². The highest BCUT2D eigenvalue weighted by atomic mass is 32.2. The van der Waals surface area contributed by atoms with E-state index in [0.717, 1.165) is 0 Å². The smallest absolute Gasteiger partial charge is 0.342 e. The van der Waals surface area contributed by atoms with Crippen LogP contribution in [-0.2, 0) is 30.9 Å². The number of carbonyl (C=O) groups is 2. The number of carbonyl (C=O) groups excluding carboxylic acids is 2. The van der Waals surface area contributed by atoms with Crippen molar-refractivity contribution in [1.82, 2.24) is 10.2 Å². The summed E-state index contributed by atoms with van der Waals surface area (Å²) in [5.41, 5.74) is -0.0125. The fourth-order valence-corrected chi connectivity index (χ4v) is 3.37. The van der Waals surface area contributed by atoms with E-state index in [1.54, 1.807) is 29.3 Å². The van der Waals surface area contributed by atoms with Crippen molar-refractivity contribution in [2.75, 3.05) is 12.3 Å². The molecule has 0 fully saturated rings. The Balaban J connectivity index is 1.65. The van der Waals surface area contributed by atoms with Crippen molar-refractivity contribution < 1.29 is 27.2 Å². The summed E-state index contributed by atoms with van der Waals surface area (Å²) in [7, 11) is -3.62. The molecule has 0 radical (unpaired) electrons. The molecule has 0 aliphatic carbocycles. The van der Waals surface area contributed by atoms with Crippen LogP contribution in [0, 0.1) is 0 Å². The molecule has 1 aromatic heterocycles. The fraction of sp³-hybridized carbons (Fsp3) is 0.312. The molecule has 2 aliphatic heterocycles. The van der Waals surface area contributed by atoms with Gasteiger partial charge in [-0.3, -0.25) is 4.79 Å². The number of fused-ring (bicyclic) bond motifs is 1. The predicted molar refractivity (Wildman–Crippen MR) is 91.3 cm³/mol. The monoisotopic (exact) mass is 379 g/mol. The minimum absolute atomic E-state index is 0.00643. The number of esters is 1. The SMILES string of the molecule is C[C@H](OC(=O)C1=CC=CN2CCS(=O)(=O)N=C12)C(=O)NCc1ccco1. The number of hydrogen-bond acceptors (Lipinski definition) is 7. The molecule has 0 saturated heterocycles. The molecule has 0 bridgehead atoms. The highest BCUT2D eigenvalue weighted by Gasteiger charge is 2.32. The lowest BCUT2D eigenvalue weighted by atomic mass is 10.1. The molecule has 0 spiro atoms. The van der Waals surface area contributed by atoms with Crippen molar-refractivity contribution in [2.45, 2.75) is 19.6 Å². The van der Waals surface area contributed by atoms with Crippen molar-refractivity contribution >= 4 is 27.7 Å². The minimum atomic E-state index is -3.62. The molecular formula is C16H17N3O6S. The number of allylic oxidation sites excluding steroid dienone is 2. The van der Waals surface area contributed by atoms with Gasteiger partial charge in [0.25, 0.3) is 15.9 Å². The maximum absolute atomic E-state index is 12.4. The number of nitrogens with zero attached hydrogens (tertiary/aromatic N) is 2. The van der Waals surface area contributed by atoms with E-state index in [0.29, 0.717) is 5.76 Å². The summed E-state index contributed by atoms with van der Waals surface area (Å²) in [5, 5.41) is 2.58. The molecule has 3 heterocycles. The summed E-state index contributed by atoms with van der Waals surface area (Å²) in [6.45, 7) is 1.78. The average molecular weight is 379 g/mol. The highest BCUT2D eigenvalue weighted by molar-refractivity contribution is 7.90. The van der Waals surface area contributed by atoms with Crippen molar-refractivity contribution in [1.29, 1.82) is 0 Å². The minimum Gasteiger partial charge on any atom is -0.467 e. The molecule has 2 aliphatic rings. The normalized spacial score (nSPS) is 19.0. The van der Waals surface area contributed by atoms with Gasteiger partial charge in [0, 0.05) is 12.7 Å². The van der Waals surface area contributed by atoms with Gasteiger partial charge in [0.05, 0.1) is 18.6 Å². The summed E-state index contributed by atoms with van der Waals surface area (Å²) in [6.07, 6.45) is 5.04. The zero-order chi connectivity index (χ0) is 18.7. The molecule has 1 amide bonds. The van der Waals surface area contributed by atoms with Gasteiger partial charge in [0.2, 0.25) is 0 Å². The number of furan rings is 1. The lowest BCUT2D eigenvalue weighted by Crippen LogP contribution is -2.41. The van der Waals surface area contributed by atoms with E-state index in [1.807, 2.05) is 0 Å². The molecule has 1 aromatic rings. The van der Waals surface area contributed by atoms with Crippen LogP contribution in [0.4, 0.5) is 0 Å². The standard InChI is InChI=1S/C16H17N3O6S/c1-11(15(20)17-10-12-4-3-8-24-12)25-16(21)13-5-2-6-19-7-9-26(22,23)18-14(13)19/h2-6,8,11H,7,9-10H2,1H3,(H,17,20)/t11-/m0/s1. The van der Waals surface area contributed by atoms with Crippen molar-refractivity contribution in [3.05, 3.63) is 48.1 Å². The first-order chi connectivity index (χ1) is 12.4. The number of amidine groups is 1. The number of amides is 1. The third kappa shape index (κ3) is 4.02. The van der Waals surface area contributed by atoms with E-state index in [2.05, 4.69) is 9.71 Å². The van der Waals surface area contributed by atoms with Gasteiger partial charge in [-0.05, 0) is 31.2 Å². The van der Waals surface area contributed by atoms with Crippen LogP contribution in [0.5, 0.6) is 0 Å². The van der Waals surface area contributed by atoms with Crippen molar-refractivity contribution in [3.63, 3.8) is 0 Å². The van der Waals surface area contributed by atoms with Gasteiger partial charge < -0.3 is 19.4 Å². The molecule has 138 valence electrons. The molecule has 1 N–H and O–H groups in total. The zero-order valence-electron chi connectivity index (χ0n) is 13.9. The van der Waals surface area contributed by atoms with Crippen LogP contribution in [0.3, 0.4) is 0 Å². The molecule has 3 rings (SSSR count). The van der Waals surface area contributed by atoms with Gasteiger partial charge in [-0.2, -0.15) is 0 Å². The van der Waals surface area contributed by atoms with E-state index < -0.39 is 28.0 Å². The summed E-state index contributed by atoms with van der Waals surface area (Å²) >= 11 is 0. The number of sulfonamides is 1. The van der Waals surface area contributed by atoms with Gasteiger partial charge in [0.15, 0.2) is 11.9 Å². The van der Waals surface area contributed by atoms with Crippen LogP contribution in [0.1, 0.15) is 12.7 Å². The summed E-state index contributed by atoms with van der Waals surface area (Å²) in [5.74, 6) is -0.886. The van der Waals surface area contributed by atoms with Gasteiger partial charge in [-0.15, -0.1) is 4.40 Å².